The fourth-order valence-electron chi connectivity index (χ4n) is 2.47. The molecule has 0 radical (unpaired) electrons. The van der Waals surface area contributed by atoms with E-state index >= 15 is 0 Å². The van der Waals surface area contributed by atoms with Crippen LogP contribution < -0.4 is 5.32 Å². The van der Waals surface area contributed by atoms with Crippen LogP contribution in [-0.4, -0.2) is 41.0 Å². The third-order valence-electron chi connectivity index (χ3n) is 3.59. The van der Waals surface area contributed by atoms with Crippen molar-refractivity contribution >= 4 is 17.5 Å². The van der Waals surface area contributed by atoms with E-state index < -0.39 is 6.10 Å². The van der Waals surface area contributed by atoms with Crippen LogP contribution in [0.5, 0.6) is 0 Å². The van der Waals surface area contributed by atoms with E-state index in [4.69, 9.17) is 0 Å². The summed E-state index contributed by atoms with van der Waals surface area (Å²) in [6.45, 7) is 0.240. The van der Waals surface area contributed by atoms with Crippen LogP contribution in [0.15, 0.2) is 54.6 Å². The number of benzene rings is 2. The zero-order valence-electron chi connectivity index (χ0n) is 11.9. The van der Waals surface area contributed by atoms with E-state index in [-0.39, 0.29) is 24.9 Å². The molecule has 0 aliphatic carbocycles. The molecule has 1 heterocycles. The molecule has 2 aromatic rings. The number of hydrogen-bond acceptors (Lipinski definition) is 4. The van der Waals surface area contributed by atoms with Crippen LogP contribution in [-0.2, 0) is 0 Å². The van der Waals surface area contributed by atoms with Crippen molar-refractivity contribution in [3.63, 3.8) is 0 Å². The Labute approximate surface area is 128 Å². The summed E-state index contributed by atoms with van der Waals surface area (Å²) in [5, 5.41) is 13.1. The van der Waals surface area contributed by atoms with E-state index in [0.29, 0.717) is 11.1 Å². The molecule has 0 aromatic heterocycles. The molecule has 0 saturated heterocycles. The van der Waals surface area contributed by atoms with Crippen LogP contribution in [0.25, 0.3) is 0 Å². The number of amides is 2. The highest BCUT2D eigenvalue weighted by Crippen LogP contribution is 2.22. The van der Waals surface area contributed by atoms with E-state index in [1.54, 1.807) is 24.3 Å². The van der Waals surface area contributed by atoms with Crippen molar-refractivity contribution < 1.29 is 14.7 Å². The Hall–Kier alpha value is -2.66. The standard InChI is InChI=1S/C17H16N2O3/c20-13(10-18-12-6-2-1-3-7-12)11-19-16(21)14-8-4-5-9-15(14)17(19)22/h1-9,13,18,20H,10-11H2/t13-/m0/s1. The highest BCUT2D eigenvalue weighted by Gasteiger charge is 2.35. The smallest absolute Gasteiger partial charge is 0.261 e. The molecular weight excluding hydrogens is 280 g/mol. The Kier molecular flexibility index (Phi) is 3.89. The van der Waals surface area contributed by atoms with Gasteiger partial charge in [0.2, 0.25) is 0 Å². The number of β-amino-alcohol motifs (C(OH)–C–C–N with tert-alkyl or cyclic N) is 1. The maximum Gasteiger partial charge on any atom is 0.261 e. The number of nitrogens with zero attached hydrogens (tertiary/aromatic N) is 1. The van der Waals surface area contributed by atoms with Gasteiger partial charge in [0.15, 0.2) is 0 Å². The minimum Gasteiger partial charge on any atom is -0.389 e. The predicted molar refractivity (Wildman–Crippen MR) is 82.7 cm³/mol. The zero-order chi connectivity index (χ0) is 15.5. The van der Waals surface area contributed by atoms with Crippen molar-refractivity contribution in [2.45, 2.75) is 6.10 Å². The summed E-state index contributed by atoms with van der Waals surface area (Å²) in [6, 6.07) is 16.2. The number of aliphatic hydroxyl groups is 1. The van der Waals surface area contributed by atoms with Gasteiger partial charge >= 0.3 is 0 Å². The number of rotatable bonds is 5. The van der Waals surface area contributed by atoms with Gasteiger partial charge in [-0.25, -0.2) is 0 Å². The molecule has 5 heteroatoms. The Morgan fingerprint density at radius 3 is 2.05 bits per heavy atom. The van der Waals surface area contributed by atoms with Gasteiger partial charge in [0.25, 0.3) is 11.8 Å². The third kappa shape index (κ3) is 2.71. The van der Waals surface area contributed by atoms with Gasteiger partial charge in [-0.2, -0.15) is 0 Å². The molecule has 2 N–H and O–H groups in total. The van der Waals surface area contributed by atoms with Gasteiger partial charge < -0.3 is 10.4 Å². The quantitative estimate of drug-likeness (QED) is 0.825. The monoisotopic (exact) mass is 296 g/mol. The molecule has 2 amide bonds. The SMILES string of the molecule is O=C1c2ccccc2C(=O)N1C[C@@H](O)CNc1ccccc1. The number of imide groups is 1. The lowest BCUT2D eigenvalue weighted by Gasteiger charge is -2.19. The Morgan fingerprint density at radius 2 is 1.45 bits per heavy atom. The van der Waals surface area contributed by atoms with Gasteiger partial charge in [-0.1, -0.05) is 30.3 Å². The predicted octanol–water partition coefficient (Wildman–Crippen LogP) is 1.76. The van der Waals surface area contributed by atoms with E-state index in [9.17, 15) is 14.7 Å². The summed E-state index contributed by atoms with van der Waals surface area (Å²) >= 11 is 0. The first-order valence-corrected chi connectivity index (χ1v) is 7.09. The summed E-state index contributed by atoms with van der Waals surface area (Å²) in [7, 11) is 0. The second-order valence-corrected chi connectivity index (χ2v) is 5.17. The number of para-hydroxylation sites is 1. The lowest BCUT2D eigenvalue weighted by atomic mass is 10.1. The molecule has 0 fully saturated rings. The molecule has 3 rings (SSSR count). The number of carbonyl (C=O) groups is 2. The maximum atomic E-state index is 12.2. The molecule has 1 atom stereocenters. The lowest BCUT2D eigenvalue weighted by molar-refractivity contribution is 0.0558. The molecule has 0 spiro atoms. The molecule has 0 unspecified atom stereocenters. The lowest BCUT2D eigenvalue weighted by Crippen LogP contribution is -2.39. The average molecular weight is 296 g/mol. The summed E-state index contributed by atoms with van der Waals surface area (Å²) in [6.07, 6.45) is -0.831. The molecule has 1 aliphatic rings. The van der Waals surface area contributed by atoms with Gasteiger partial charge in [0.05, 0.1) is 23.8 Å². The Balaban J connectivity index is 1.62. The second-order valence-electron chi connectivity index (χ2n) is 5.17. The summed E-state index contributed by atoms with van der Waals surface area (Å²) in [5.74, 6) is -0.696. The number of hydrogen-bond donors (Lipinski definition) is 2. The van der Waals surface area contributed by atoms with Crippen molar-refractivity contribution in [1.82, 2.24) is 4.90 Å². The van der Waals surface area contributed by atoms with Gasteiger partial charge in [-0.15, -0.1) is 0 Å². The molecule has 22 heavy (non-hydrogen) atoms. The summed E-state index contributed by atoms with van der Waals surface area (Å²) in [5.41, 5.74) is 1.68. The number of nitrogens with one attached hydrogen (secondary N) is 1. The molecule has 1 aliphatic heterocycles. The first kappa shape index (κ1) is 14.3. The normalized spacial score (nSPS) is 14.9. The van der Waals surface area contributed by atoms with E-state index in [1.165, 1.54) is 0 Å². The van der Waals surface area contributed by atoms with Crippen molar-refractivity contribution in [3.05, 3.63) is 65.7 Å². The Bertz CT molecular complexity index is 665. The summed E-state index contributed by atoms with van der Waals surface area (Å²) < 4.78 is 0. The highest BCUT2D eigenvalue weighted by atomic mass is 16.3. The third-order valence-corrected chi connectivity index (χ3v) is 3.59. The first-order chi connectivity index (χ1) is 10.7. The van der Waals surface area contributed by atoms with Crippen molar-refractivity contribution in [3.8, 4) is 0 Å². The molecule has 0 bridgehead atoms. The van der Waals surface area contributed by atoms with Crippen LogP contribution >= 0.6 is 0 Å². The molecule has 0 saturated carbocycles. The Morgan fingerprint density at radius 1 is 0.909 bits per heavy atom. The van der Waals surface area contributed by atoms with Gasteiger partial charge in [-0.05, 0) is 24.3 Å². The van der Waals surface area contributed by atoms with Crippen LogP contribution in [0.3, 0.4) is 0 Å². The minimum atomic E-state index is -0.831. The number of aliphatic hydroxyl groups excluding tert-OH is 1. The highest BCUT2D eigenvalue weighted by molar-refractivity contribution is 6.21. The van der Waals surface area contributed by atoms with Crippen molar-refractivity contribution in [2.24, 2.45) is 0 Å². The number of anilines is 1. The van der Waals surface area contributed by atoms with Crippen molar-refractivity contribution in [2.75, 3.05) is 18.4 Å². The van der Waals surface area contributed by atoms with Crippen LogP contribution in [0.1, 0.15) is 20.7 Å². The average Bonchev–Trinajstić information content (AvgIpc) is 2.79. The fraction of sp³-hybridized carbons (Fsp3) is 0.176. The van der Waals surface area contributed by atoms with Gasteiger partial charge in [-0.3, -0.25) is 14.5 Å². The maximum absolute atomic E-state index is 12.2. The largest absolute Gasteiger partial charge is 0.389 e. The molecule has 5 nitrogen and oxygen atoms in total. The van der Waals surface area contributed by atoms with E-state index in [1.807, 2.05) is 30.3 Å². The molecule has 112 valence electrons. The topological polar surface area (TPSA) is 69.6 Å². The second kappa shape index (κ2) is 5.99. The minimum absolute atomic E-state index is 0.0216. The fourth-order valence-corrected chi connectivity index (χ4v) is 2.47. The number of carbonyl (C=O) groups excluding carboxylic acids is 2. The van der Waals surface area contributed by atoms with Crippen LogP contribution in [0.2, 0.25) is 0 Å². The molecular formula is C17H16N2O3. The van der Waals surface area contributed by atoms with Crippen molar-refractivity contribution in [1.29, 1.82) is 0 Å². The summed E-state index contributed by atoms with van der Waals surface area (Å²) in [4.78, 5) is 25.5. The molecule has 2 aromatic carbocycles. The van der Waals surface area contributed by atoms with Crippen LogP contribution in [0, 0.1) is 0 Å². The number of fused-ring (bicyclic) bond motifs is 1. The van der Waals surface area contributed by atoms with Gasteiger partial charge in [0, 0.05) is 12.2 Å². The first-order valence-electron chi connectivity index (χ1n) is 7.09. The van der Waals surface area contributed by atoms with E-state index in [2.05, 4.69) is 5.32 Å². The zero-order valence-corrected chi connectivity index (χ0v) is 11.9. The van der Waals surface area contributed by atoms with Gasteiger partial charge in [0.1, 0.15) is 0 Å². The van der Waals surface area contributed by atoms with E-state index in [0.717, 1.165) is 10.6 Å². The van der Waals surface area contributed by atoms with Crippen LogP contribution in [0.4, 0.5) is 5.69 Å².